The van der Waals surface area contributed by atoms with Crippen molar-refractivity contribution in [3.05, 3.63) is 83.4 Å². The summed E-state index contributed by atoms with van der Waals surface area (Å²) in [6.07, 6.45) is 2.06. The Hall–Kier alpha value is -4.05. The number of nitrogens with zero attached hydrogens (tertiary/aromatic N) is 2. The first-order valence-corrected chi connectivity index (χ1v) is 15.9. The molecule has 3 aromatic rings. The van der Waals surface area contributed by atoms with E-state index in [1.165, 1.54) is 24.1 Å². The van der Waals surface area contributed by atoms with E-state index >= 15 is 0 Å². The largest absolute Gasteiger partial charge is 0.497 e. The van der Waals surface area contributed by atoms with Crippen molar-refractivity contribution in [3.8, 4) is 11.5 Å². The summed E-state index contributed by atoms with van der Waals surface area (Å²) in [5.74, 6) is 0.101. The number of hydrogen-bond acceptors (Lipinski definition) is 6. The number of unbranched alkanes of at least 4 members (excludes halogenated alkanes) is 1. The molecule has 1 atom stereocenters. The first kappa shape index (κ1) is 33.5. The Balaban J connectivity index is 2.11. The minimum Gasteiger partial charge on any atom is -0.497 e. The number of carbonyl (C=O) groups excluding carboxylic acids is 2. The molecule has 9 nitrogen and oxygen atoms in total. The molecular formula is C33H43N3O6S. The maximum atomic E-state index is 14.3. The molecule has 0 radical (unpaired) electrons. The van der Waals surface area contributed by atoms with Gasteiger partial charge in [-0.3, -0.25) is 13.9 Å². The highest BCUT2D eigenvalue weighted by Crippen LogP contribution is 2.34. The predicted molar refractivity (Wildman–Crippen MR) is 169 cm³/mol. The Kier molecular flexibility index (Phi) is 12.0. The molecule has 0 bridgehead atoms. The molecule has 0 heterocycles. The Morgan fingerprint density at radius 2 is 1.60 bits per heavy atom. The van der Waals surface area contributed by atoms with Gasteiger partial charge in [0.15, 0.2) is 0 Å². The van der Waals surface area contributed by atoms with Crippen LogP contribution in [0.3, 0.4) is 0 Å². The lowest BCUT2D eigenvalue weighted by Crippen LogP contribution is -2.52. The Bertz CT molecular complexity index is 1490. The van der Waals surface area contributed by atoms with Crippen LogP contribution < -0.4 is 19.1 Å². The minimum absolute atomic E-state index is 0.0400. The molecule has 43 heavy (non-hydrogen) atoms. The highest BCUT2D eigenvalue weighted by Gasteiger charge is 2.34. The first-order valence-electron chi connectivity index (χ1n) is 14.5. The van der Waals surface area contributed by atoms with Gasteiger partial charge < -0.3 is 19.7 Å². The SMILES string of the molecule is CCCCNC(=O)C(CC)N(Cc1cccc(OC)c1)C(=O)CN(c1cc(C)ccc1OC)S(=O)(=O)c1ccc(C)cc1. The van der Waals surface area contributed by atoms with Crippen LogP contribution in [0.4, 0.5) is 5.69 Å². The molecule has 0 aliphatic heterocycles. The molecule has 1 unspecified atom stereocenters. The summed E-state index contributed by atoms with van der Waals surface area (Å²) >= 11 is 0. The van der Waals surface area contributed by atoms with E-state index in [1.807, 2.05) is 45.9 Å². The molecule has 0 fully saturated rings. The number of hydrogen-bond donors (Lipinski definition) is 1. The van der Waals surface area contributed by atoms with Crippen molar-refractivity contribution >= 4 is 27.5 Å². The van der Waals surface area contributed by atoms with E-state index in [1.54, 1.807) is 43.5 Å². The standard InChI is InChI=1S/C33H43N3O6S/c1-7-9-19-34-33(38)29(8-2)35(22-26-11-10-12-27(21-26)41-5)32(37)23-36(30-20-25(4)15-18-31(30)42-6)43(39,40)28-16-13-24(3)14-17-28/h10-18,20-21,29H,7-9,19,22-23H2,1-6H3,(H,34,38). The lowest BCUT2D eigenvalue weighted by atomic mass is 10.1. The maximum Gasteiger partial charge on any atom is 0.264 e. The Morgan fingerprint density at radius 1 is 0.907 bits per heavy atom. The molecule has 1 N–H and O–H groups in total. The molecule has 3 rings (SSSR count). The van der Waals surface area contributed by atoms with Crippen LogP contribution >= 0.6 is 0 Å². The molecule has 0 spiro atoms. The molecule has 0 aliphatic rings. The average molecular weight is 610 g/mol. The Labute approximate surface area is 255 Å². The highest BCUT2D eigenvalue weighted by atomic mass is 32.2. The van der Waals surface area contributed by atoms with E-state index < -0.39 is 28.5 Å². The molecular weight excluding hydrogens is 566 g/mol. The summed E-state index contributed by atoms with van der Waals surface area (Å²) in [7, 11) is -1.21. The van der Waals surface area contributed by atoms with Crippen molar-refractivity contribution in [1.29, 1.82) is 0 Å². The van der Waals surface area contributed by atoms with Crippen LogP contribution in [0.5, 0.6) is 11.5 Å². The van der Waals surface area contributed by atoms with Gasteiger partial charge in [-0.15, -0.1) is 0 Å². The van der Waals surface area contributed by atoms with E-state index in [2.05, 4.69) is 5.32 Å². The first-order chi connectivity index (χ1) is 20.5. The second-order valence-corrected chi connectivity index (χ2v) is 12.3. The van der Waals surface area contributed by atoms with E-state index in [4.69, 9.17) is 9.47 Å². The molecule has 10 heteroatoms. The van der Waals surface area contributed by atoms with Crippen molar-refractivity contribution in [2.24, 2.45) is 0 Å². The molecule has 0 aromatic heterocycles. The average Bonchev–Trinajstić information content (AvgIpc) is 3.00. The van der Waals surface area contributed by atoms with E-state index in [0.717, 1.165) is 33.8 Å². The zero-order chi connectivity index (χ0) is 31.6. The van der Waals surface area contributed by atoms with Crippen LogP contribution in [0.15, 0.2) is 71.6 Å². The minimum atomic E-state index is -4.22. The summed E-state index contributed by atoms with van der Waals surface area (Å²) in [6, 6.07) is 18.1. The number of rotatable bonds is 15. The van der Waals surface area contributed by atoms with Crippen molar-refractivity contribution < 1.29 is 27.5 Å². The number of amides is 2. The molecule has 0 saturated carbocycles. The van der Waals surface area contributed by atoms with Gasteiger partial charge in [-0.1, -0.05) is 56.2 Å². The fraction of sp³-hybridized carbons (Fsp3) is 0.394. The van der Waals surface area contributed by atoms with E-state index in [9.17, 15) is 18.0 Å². The normalized spacial score (nSPS) is 11.9. The third-order valence-corrected chi connectivity index (χ3v) is 8.97. The summed E-state index contributed by atoms with van der Waals surface area (Å²) in [5.41, 5.74) is 2.67. The number of aryl methyl sites for hydroxylation is 2. The molecule has 3 aromatic carbocycles. The van der Waals surface area contributed by atoms with Gasteiger partial charge >= 0.3 is 0 Å². The van der Waals surface area contributed by atoms with Crippen LogP contribution in [0.25, 0.3) is 0 Å². The number of nitrogens with one attached hydrogen (secondary N) is 1. The van der Waals surface area contributed by atoms with Crippen LogP contribution in [-0.4, -0.2) is 58.5 Å². The number of sulfonamides is 1. The van der Waals surface area contributed by atoms with Crippen LogP contribution in [-0.2, 0) is 26.2 Å². The van der Waals surface area contributed by atoms with Gasteiger partial charge in [0.1, 0.15) is 24.1 Å². The lowest BCUT2D eigenvalue weighted by Gasteiger charge is -2.33. The number of carbonyl (C=O) groups is 2. The van der Waals surface area contributed by atoms with Gasteiger partial charge in [0.25, 0.3) is 10.0 Å². The van der Waals surface area contributed by atoms with Gasteiger partial charge in [0.2, 0.25) is 11.8 Å². The van der Waals surface area contributed by atoms with Crippen molar-refractivity contribution in [3.63, 3.8) is 0 Å². The van der Waals surface area contributed by atoms with Crippen LogP contribution in [0.1, 0.15) is 49.8 Å². The smallest absolute Gasteiger partial charge is 0.264 e. The van der Waals surface area contributed by atoms with Gasteiger partial charge in [-0.05, 0) is 74.2 Å². The zero-order valence-electron chi connectivity index (χ0n) is 25.9. The summed E-state index contributed by atoms with van der Waals surface area (Å²) < 4.78 is 40.3. The van der Waals surface area contributed by atoms with Crippen molar-refractivity contribution in [1.82, 2.24) is 10.2 Å². The summed E-state index contributed by atoms with van der Waals surface area (Å²) in [5, 5.41) is 2.94. The third kappa shape index (κ3) is 8.50. The second-order valence-electron chi connectivity index (χ2n) is 10.4. The second kappa shape index (κ2) is 15.4. The van der Waals surface area contributed by atoms with E-state index in [0.29, 0.717) is 24.5 Å². The maximum absolute atomic E-state index is 14.3. The molecule has 232 valence electrons. The number of anilines is 1. The highest BCUT2D eigenvalue weighted by molar-refractivity contribution is 7.92. The van der Waals surface area contributed by atoms with Gasteiger partial charge in [-0.25, -0.2) is 8.42 Å². The zero-order valence-corrected chi connectivity index (χ0v) is 26.7. The van der Waals surface area contributed by atoms with Gasteiger partial charge in [0.05, 0.1) is 24.8 Å². The van der Waals surface area contributed by atoms with Crippen LogP contribution in [0.2, 0.25) is 0 Å². The molecule has 0 saturated heterocycles. The number of benzene rings is 3. The van der Waals surface area contributed by atoms with Gasteiger partial charge in [0, 0.05) is 13.1 Å². The quantitative estimate of drug-likeness (QED) is 0.236. The fourth-order valence-electron chi connectivity index (χ4n) is 4.74. The van der Waals surface area contributed by atoms with Crippen molar-refractivity contribution in [2.45, 2.75) is 64.4 Å². The molecule has 2 amide bonds. The predicted octanol–water partition coefficient (Wildman–Crippen LogP) is 5.24. The lowest BCUT2D eigenvalue weighted by molar-refractivity contribution is -0.140. The van der Waals surface area contributed by atoms with E-state index in [-0.39, 0.29) is 23.0 Å². The third-order valence-electron chi connectivity index (χ3n) is 7.19. The molecule has 0 aliphatic carbocycles. The van der Waals surface area contributed by atoms with Crippen LogP contribution in [0, 0.1) is 13.8 Å². The Morgan fingerprint density at radius 3 is 2.23 bits per heavy atom. The fourth-order valence-corrected chi connectivity index (χ4v) is 6.16. The van der Waals surface area contributed by atoms with Crippen molar-refractivity contribution in [2.75, 3.05) is 31.6 Å². The number of ether oxygens (including phenoxy) is 2. The summed E-state index contributed by atoms with van der Waals surface area (Å²) in [6.45, 7) is 7.60. The monoisotopic (exact) mass is 609 g/mol. The van der Waals surface area contributed by atoms with Gasteiger partial charge in [-0.2, -0.15) is 0 Å². The topological polar surface area (TPSA) is 105 Å². The summed E-state index contributed by atoms with van der Waals surface area (Å²) in [4.78, 5) is 29.2. The number of methoxy groups -OCH3 is 2.